The summed E-state index contributed by atoms with van der Waals surface area (Å²) in [6, 6.07) is 10.5. The van der Waals surface area contributed by atoms with Gasteiger partial charge in [-0.3, -0.25) is 9.59 Å². The zero-order valence-corrected chi connectivity index (χ0v) is 13.3. The van der Waals surface area contributed by atoms with E-state index in [2.05, 4.69) is 0 Å². The first-order valence-corrected chi connectivity index (χ1v) is 7.00. The zero-order valence-electron chi connectivity index (χ0n) is 13.3. The van der Waals surface area contributed by atoms with Crippen molar-refractivity contribution in [3.63, 3.8) is 0 Å². The fourth-order valence-corrected chi connectivity index (χ4v) is 2.31. The Labute approximate surface area is 134 Å². The molecule has 0 radical (unpaired) electrons. The summed E-state index contributed by atoms with van der Waals surface area (Å²) in [4.78, 5) is 22.8. The van der Waals surface area contributed by atoms with Crippen molar-refractivity contribution in [2.45, 2.75) is 6.42 Å². The summed E-state index contributed by atoms with van der Waals surface area (Å²) < 4.78 is 15.3. The molecule has 0 aliphatic rings. The van der Waals surface area contributed by atoms with Gasteiger partial charge in [-0.1, -0.05) is 6.07 Å². The normalized spacial score (nSPS) is 10.0. The lowest BCUT2D eigenvalue weighted by atomic mass is 9.96. The highest BCUT2D eigenvalue weighted by molar-refractivity contribution is 5.90. The van der Waals surface area contributed by atoms with Crippen LogP contribution in [0.25, 0.3) is 11.1 Å². The largest absolute Gasteiger partial charge is 0.497 e. The highest BCUT2D eigenvalue weighted by Crippen LogP contribution is 2.35. The summed E-state index contributed by atoms with van der Waals surface area (Å²) in [6.45, 7) is 0. The number of hydrogen-bond acceptors (Lipinski definition) is 5. The number of ether oxygens (including phenoxy) is 3. The van der Waals surface area contributed by atoms with Crippen LogP contribution in [-0.4, -0.2) is 33.6 Å². The minimum absolute atomic E-state index is 0.147. The van der Waals surface area contributed by atoms with Gasteiger partial charge in [-0.2, -0.15) is 0 Å². The third-order valence-electron chi connectivity index (χ3n) is 3.52. The predicted octanol–water partition coefficient (Wildman–Crippen LogP) is 2.90. The van der Waals surface area contributed by atoms with E-state index in [0.29, 0.717) is 22.6 Å². The van der Waals surface area contributed by atoms with E-state index in [9.17, 15) is 9.59 Å². The van der Waals surface area contributed by atoms with Crippen molar-refractivity contribution in [1.82, 2.24) is 0 Å². The minimum Gasteiger partial charge on any atom is -0.497 e. The van der Waals surface area contributed by atoms with Crippen molar-refractivity contribution in [2.75, 3.05) is 21.3 Å². The van der Waals surface area contributed by atoms with Gasteiger partial charge in [0.1, 0.15) is 11.5 Å². The fraction of sp³-hybridized carbons (Fsp3) is 0.222. The van der Waals surface area contributed by atoms with Crippen LogP contribution in [0.1, 0.15) is 15.9 Å². The van der Waals surface area contributed by atoms with Gasteiger partial charge < -0.3 is 14.2 Å². The molecule has 0 bridgehead atoms. The molecule has 0 atom stereocenters. The molecule has 0 spiro atoms. The van der Waals surface area contributed by atoms with E-state index in [-0.39, 0.29) is 12.4 Å². The molecule has 0 N–H and O–H groups in total. The number of hydrogen-bond donors (Lipinski definition) is 0. The highest BCUT2D eigenvalue weighted by atomic mass is 16.5. The zero-order chi connectivity index (χ0) is 16.8. The van der Waals surface area contributed by atoms with Crippen molar-refractivity contribution >= 4 is 12.3 Å². The van der Waals surface area contributed by atoms with E-state index in [1.807, 2.05) is 6.07 Å². The predicted molar refractivity (Wildman–Crippen MR) is 86.1 cm³/mol. The fourth-order valence-electron chi connectivity index (χ4n) is 2.31. The van der Waals surface area contributed by atoms with E-state index in [1.54, 1.807) is 44.6 Å². The lowest BCUT2D eigenvalue weighted by molar-refractivity contribution is -0.139. The molecule has 0 saturated carbocycles. The molecular weight excluding hydrogens is 296 g/mol. The van der Waals surface area contributed by atoms with Gasteiger partial charge in [0.25, 0.3) is 0 Å². The summed E-state index contributed by atoms with van der Waals surface area (Å²) in [7, 11) is 4.46. The van der Waals surface area contributed by atoms with Gasteiger partial charge in [-0.25, -0.2) is 0 Å². The molecule has 0 heterocycles. The number of methoxy groups -OCH3 is 3. The van der Waals surface area contributed by atoms with Crippen LogP contribution in [0, 0.1) is 0 Å². The van der Waals surface area contributed by atoms with Gasteiger partial charge in [-0.05, 0) is 41.5 Å². The third-order valence-corrected chi connectivity index (χ3v) is 3.52. The Morgan fingerprint density at radius 1 is 1.00 bits per heavy atom. The average molecular weight is 314 g/mol. The summed E-state index contributed by atoms with van der Waals surface area (Å²) in [5.74, 6) is 0.906. The number of rotatable bonds is 6. The van der Waals surface area contributed by atoms with E-state index in [4.69, 9.17) is 14.2 Å². The van der Waals surface area contributed by atoms with Gasteiger partial charge in [0.2, 0.25) is 0 Å². The monoisotopic (exact) mass is 314 g/mol. The molecule has 0 aromatic heterocycles. The molecule has 120 valence electrons. The van der Waals surface area contributed by atoms with Gasteiger partial charge in [0.15, 0.2) is 6.29 Å². The molecule has 0 aliphatic carbocycles. The van der Waals surface area contributed by atoms with Crippen LogP contribution >= 0.6 is 0 Å². The van der Waals surface area contributed by atoms with E-state index in [0.717, 1.165) is 17.4 Å². The molecular formula is C18H18O5. The standard InChI is InChI=1S/C18H18O5/c1-21-14-6-5-13(11-19)15(10-14)16-8-12(9-18(20)23-3)4-7-17(16)22-2/h4-8,10-11H,9H2,1-3H3. The van der Waals surface area contributed by atoms with Gasteiger partial charge in [0, 0.05) is 11.1 Å². The smallest absolute Gasteiger partial charge is 0.309 e. The SMILES string of the molecule is COC(=O)Cc1ccc(OC)c(-c2cc(OC)ccc2C=O)c1. The van der Waals surface area contributed by atoms with Crippen LogP contribution in [0.5, 0.6) is 11.5 Å². The van der Waals surface area contributed by atoms with Crippen LogP contribution in [0.3, 0.4) is 0 Å². The Balaban J connectivity index is 2.58. The van der Waals surface area contributed by atoms with E-state index in [1.165, 1.54) is 7.11 Å². The first-order chi connectivity index (χ1) is 11.1. The Hall–Kier alpha value is -2.82. The van der Waals surface area contributed by atoms with Crippen LogP contribution in [-0.2, 0) is 16.0 Å². The molecule has 2 aromatic rings. The third kappa shape index (κ3) is 3.69. The first-order valence-electron chi connectivity index (χ1n) is 7.00. The Morgan fingerprint density at radius 2 is 1.78 bits per heavy atom. The van der Waals surface area contributed by atoms with Crippen LogP contribution in [0.15, 0.2) is 36.4 Å². The molecule has 23 heavy (non-hydrogen) atoms. The lowest BCUT2D eigenvalue weighted by Gasteiger charge is -2.13. The topological polar surface area (TPSA) is 61.8 Å². The van der Waals surface area contributed by atoms with Crippen molar-refractivity contribution < 1.29 is 23.8 Å². The Bertz CT molecular complexity index is 721. The summed E-state index contributed by atoms with van der Waals surface area (Å²) in [5, 5.41) is 0. The summed E-state index contributed by atoms with van der Waals surface area (Å²) in [6.07, 6.45) is 0.926. The lowest BCUT2D eigenvalue weighted by Crippen LogP contribution is -2.05. The summed E-state index contributed by atoms with van der Waals surface area (Å²) in [5.41, 5.74) is 2.68. The average Bonchev–Trinajstić information content (AvgIpc) is 2.60. The van der Waals surface area contributed by atoms with E-state index >= 15 is 0 Å². The van der Waals surface area contributed by atoms with Crippen LogP contribution in [0.4, 0.5) is 0 Å². The second-order valence-corrected chi connectivity index (χ2v) is 4.86. The first kappa shape index (κ1) is 16.5. The molecule has 2 rings (SSSR count). The molecule has 0 unspecified atom stereocenters. The second-order valence-electron chi connectivity index (χ2n) is 4.86. The Kier molecular flexibility index (Phi) is 5.36. The second kappa shape index (κ2) is 7.45. The minimum atomic E-state index is -0.331. The number of aldehydes is 1. The molecule has 5 nitrogen and oxygen atoms in total. The highest BCUT2D eigenvalue weighted by Gasteiger charge is 2.14. The van der Waals surface area contributed by atoms with Crippen molar-refractivity contribution in [3.05, 3.63) is 47.5 Å². The quantitative estimate of drug-likeness (QED) is 0.606. The van der Waals surface area contributed by atoms with Crippen LogP contribution in [0.2, 0.25) is 0 Å². The maximum atomic E-state index is 11.5. The maximum absolute atomic E-state index is 11.5. The number of carbonyl (C=O) groups excluding carboxylic acids is 2. The Morgan fingerprint density at radius 3 is 2.39 bits per heavy atom. The number of carbonyl (C=O) groups is 2. The molecule has 2 aromatic carbocycles. The molecule has 0 fully saturated rings. The number of benzene rings is 2. The van der Waals surface area contributed by atoms with Crippen molar-refractivity contribution in [3.8, 4) is 22.6 Å². The van der Waals surface area contributed by atoms with Gasteiger partial charge >= 0.3 is 5.97 Å². The summed E-state index contributed by atoms with van der Waals surface area (Å²) >= 11 is 0. The van der Waals surface area contributed by atoms with Gasteiger partial charge in [0.05, 0.1) is 27.8 Å². The van der Waals surface area contributed by atoms with Gasteiger partial charge in [-0.15, -0.1) is 0 Å². The molecule has 0 amide bonds. The molecule has 5 heteroatoms. The number of esters is 1. The maximum Gasteiger partial charge on any atom is 0.309 e. The molecule has 0 aliphatic heterocycles. The molecule has 0 saturated heterocycles. The van der Waals surface area contributed by atoms with Crippen molar-refractivity contribution in [1.29, 1.82) is 0 Å². The van der Waals surface area contributed by atoms with E-state index < -0.39 is 0 Å². The van der Waals surface area contributed by atoms with Crippen LogP contribution < -0.4 is 9.47 Å². The van der Waals surface area contributed by atoms with Crippen molar-refractivity contribution in [2.24, 2.45) is 0 Å².